The summed E-state index contributed by atoms with van der Waals surface area (Å²) in [6, 6.07) is 6.11. The van der Waals surface area contributed by atoms with Crippen LogP contribution in [0.1, 0.15) is 11.5 Å². The van der Waals surface area contributed by atoms with Gasteiger partial charge >= 0.3 is 0 Å². The van der Waals surface area contributed by atoms with Crippen LogP contribution in [-0.4, -0.2) is 27.2 Å². The van der Waals surface area contributed by atoms with Gasteiger partial charge in [0.05, 0.1) is 21.2 Å². The molecule has 0 saturated carbocycles. The molecule has 0 saturated heterocycles. The van der Waals surface area contributed by atoms with E-state index in [1.165, 1.54) is 0 Å². The van der Waals surface area contributed by atoms with Gasteiger partial charge < -0.3 is 10.3 Å². The molecule has 0 aliphatic rings. The normalized spacial score (nSPS) is 11.3. The molecule has 6 heteroatoms. The Bertz CT molecular complexity index is 728. The summed E-state index contributed by atoms with van der Waals surface area (Å²) in [5.74, 6) is 0.920. The van der Waals surface area contributed by atoms with Crippen molar-refractivity contribution in [3.63, 3.8) is 0 Å². The third kappa shape index (κ3) is 2.17. The number of fused-ring (bicyclic) bond motifs is 1. The standard InChI is InChI=1S/C13H14BrN5/c1-7-16-9-4-3-8(5-10(9)17-7)13-12(14)11(6-15-2)18-19-13/h3-5,15H,6H2,1-2H3,(H,16,17)(H,18,19). The summed E-state index contributed by atoms with van der Waals surface area (Å²) in [4.78, 5) is 7.64. The number of aromatic nitrogens is 4. The molecule has 0 aliphatic carbocycles. The lowest BCUT2D eigenvalue weighted by molar-refractivity contribution is 0.781. The molecule has 0 radical (unpaired) electrons. The predicted molar refractivity (Wildman–Crippen MR) is 78.9 cm³/mol. The molecule has 98 valence electrons. The number of rotatable bonds is 3. The van der Waals surface area contributed by atoms with Crippen LogP contribution in [0.5, 0.6) is 0 Å². The molecule has 0 amide bonds. The van der Waals surface area contributed by atoms with E-state index in [1.807, 2.05) is 26.1 Å². The van der Waals surface area contributed by atoms with E-state index in [9.17, 15) is 0 Å². The van der Waals surface area contributed by atoms with Gasteiger partial charge in [0, 0.05) is 12.1 Å². The van der Waals surface area contributed by atoms with Crippen molar-refractivity contribution in [2.75, 3.05) is 7.05 Å². The average molecular weight is 320 g/mol. The number of halogens is 1. The Balaban J connectivity index is 2.08. The minimum Gasteiger partial charge on any atom is -0.342 e. The number of aromatic amines is 2. The maximum absolute atomic E-state index is 4.40. The van der Waals surface area contributed by atoms with Gasteiger partial charge in [0.15, 0.2) is 0 Å². The number of hydrogen-bond donors (Lipinski definition) is 3. The van der Waals surface area contributed by atoms with Crippen molar-refractivity contribution in [2.24, 2.45) is 0 Å². The molecule has 2 aromatic heterocycles. The van der Waals surface area contributed by atoms with Gasteiger partial charge in [-0.1, -0.05) is 6.07 Å². The Morgan fingerprint density at radius 3 is 3.00 bits per heavy atom. The van der Waals surface area contributed by atoms with Gasteiger partial charge in [0.25, 0.3) is 0 Å². The van der Waals surface area contributed by atoms with Crippen LogP contribution in [0.2, 0.25) is 0 Å². The van der Waals surface area contributed by atoms with Crippen molar-refractivity contribution in [3.05, 3.63) is 34.2 Å². The number of imidazole rings is 1. The first-order valence-corrected chi connectivity index (χ1v) is 6.82. The molecule has 3 aromatic rings. The molecule has 0 bridgehead atoms. The van der Waals surface area contributed by atoms with Crippen molar-refractivity contribution >= 4 is 27.0 Å². The quantitative estimate of drug-likeness (QED) is 0.695. The minimum atomic E-state index is 0.749. The number of hydrogen-bond acceptors (Lipinski definition) is 3. The van der Waals surface area contributed by atoms with Crippen molar-refractivity contribution in [1.82, 2.24) is 25.5 Å². The fourth-order valence-corrected chi connectivity index (χ4v) is 2.68. The van der Waals surface area contributed by atoms with Crippen LogP contribution in [0.15, 0.2) is 22.7 Å². The highest BCUT2D eigenvalue weighted by molar-refractivity contribution is 9.10. The number of benzene rings is 1. The molecule has 0 aliphatic heterocycles. The highest BCUT2D eigenvalue weighted by Gasteiger charge is 2.12. The van der Waals surface area contributed by atoms with Gasteiger partial charge in [-0.15, -0.1) is 0 Å². The second-order valence-corrected chi connectivity index (χ2v) is 5.24. The van der Waals surface area contributed by atoms with Crippen LogP contribution >= 0.6 is 15.9 Å². The predicted octanol–water partition coefficient (Wildman–Crippen LogP) is 2.74. The molecule has 0 unspecified atom stereocenters. The van der Waals surface area contributed by atoms with Crippen LogP contribution in [0.25, 0.3) is 22.3 Å². The highest BCUT2D eigenvalue weighted by atomic mass is 79.9. The molecule has 3 rings (SSSR count). The smallest absolute Gasteiger partial charge is 0.107 e. The van der Waals surface area contributed by atoms with E-state index in [1.54, 1.807) is 0 Å². The minimum absolute atomic E-state index is 0.749. The third-order valence-corrected chi connectivity index (χ3v) is 3.86. The highest BCUT2D eigenvalue weighted by Crippen LogP contribution is 2.30. The molecule has 2 heterocycles. The molecule has 3 N–H and O–H groups in total. The second kappa shape index (κ2) is 4.79. The van der Waals surface area contributed by atoms with Gasteiger partial charge in [-0.25, -0.2) is 4.98 Å². The van der Waals surface area contributed by atoms with Crippen molar-refractivity contribution < 1.29 is 0 Å². The van der Waals surface area contributed by atoms with E-state index in [2.05, 4.69) is 47.5 Å². The Morgan fingerprint density at radius 1 is 1.37 bits per heavy atom. The molecular weight excluding hydrogens is 306 g/mol. The first-order chi connectivity index (χ1) is 9.19. The van der Waals surface area contributed by atoms with Gasteiger partial charge in [-0.2, -0.15) is 5.10 Å². The van der Waals surface area contributed by atoms with E-state index in [4.69, 9.17) is 0 Å². The lowest BCUT2D eigenvalue weighted by Gasteiger charge is -1.99. The van der Waals surface area contributed by atoms with Gasteiger partial charge in [0.1, 0.15) is 11.5 Å². The Morgan fingerprint density at radius 2 is 2.21 bits per heavy atom. The van der Waals surface area contributed by atoms with Crippen LogP contribution in [0, 0.1) is 6.92 Å². The molecule has 5 nitrogen and oxygen atoms in total. The summed E-state index contributed by atoms with van der Waals surface area (Å²) >= 11 is 3.60. The van der Waals surface area contributed by atoms with Gasteiger partial charge in [-0.3, -0.25) is 5.10 Å². The number of nitrogens with zero attached hydrogens (tertiary/aromatic N) is 2. The SMILES string of the molecule is CNCc1[nH]nc(-c2ccc3nc(C)[nH]c3c2)c1Br. The molecule has 0 fully saturated rings. The van der Waals surface area contributed by atoms with Gasteiger partial charge in [-0.05, 0) is 42.0 Å². The largest absolute Gasteiger partial charge is 0.342 e. The fourth-order valence-electron chi connectivity index (χ4n) is 2.13. The summed E-state index contributed by atoms with van der Waals surface area (Å²) in [6.45, 7) is 2.70. The Kier molecular flexibility index (Phi) is 3.12. The lowest BCUT2D eigenvalue weighted by Crippen LogP contribution is -2.05. The number of nitrogens with one attached hydrogen (secondary N) is 3. The van der Waals surface area contributed by atoms with E-state index in [0.717, 1.165) is 44.8 Å². The maximum Gasteiger partial charge on any atom is 0.107 e. The van der Waals surface area contributed by atoms with Crippen molar-refractivity contribution in [1.29, 1.82) is 0 Å². The molecule has 0 atom stereocenters. The zero-order valence-corrected chi connectivity index (χ0v) is 12.3. The zero-order chi connectivity index (χ0) is 13.4. The monoisotopic (exact) mass is 319 g/mol. The maximum atomic E-state index is 4.40. The summed E-state index contributed by atoms with van der Waals surface area (Å²) in [7, 11) is 1.91. The molecular formula is C13H14BrN5. The summed E-state index contributed by atoms with van der Waals surface area (Å²) in [6.07, 6.45) is 0. The molecule has 0 spiro atoms. The van der Waals surface area contributed by atoms with Crippen molar-refractivity contribution in [2.45, 2.75) is 13.5 Å². The van der Waals surface area contributed by atoms with E-state index < -0.39 is 0 Å². The first kappa shape index (κ1) is 12.4. The summed E-state index contributed by atoms with van der Waals surface area (Å²) < 4.78 is 0.998. The third-order valence-electron chi connectivity index (χ3n) is 3.00. The van der Waals surface area contributed by atoms with Crippen LogP contribution in [-0.2, 0) is 6.54 Å². The van der Waals surface area contributed by atoms with Crippen LogP contribution in [0.3, 0.4) is 0 Å². The number of aryl methyl sites for hydroxylation is 1. The van der Waals surface area contributed by atoms with Gasteiger partial charge in [0.2, 0.25) is 0 Å². The lowest BCUT2D eigenvalue weighted by atomic mass is 10.1. The second-order valence-electron chi connectivity index (χ2n) is 4.45. The van der Waals surface area contributed by atoms with Crippen LogP contribution in [0.4, 0.5) is 0 Å². The first-order valence-electron chi connectivity index (χ1n) is 6.03. The fraction of sp³-hybridized carbons (Fsp3) is 0.231. The zero-order valence-electron chi connectivity index (χ0n) is 10.7. The Labute approximate surface area is 119 Å². The topological polar surface area (TPSA) is 69.4 Å². The van der Waals surface area contributed by atoms with E-state index in [-0.39, 0.29) is 0 Å². The summed E-state index contributed by atoms with van der Waals surface area (Å²) in [5, 5.41) is 10.5. The molecule has 19 heavy (non-hydrogen) atoms. The van der Waals surface area contributed by atoms with Crippen molar-refractivity contribution in [3.8, 4) is 11.3 Å². The Hall–Kier alpha value is -1.66. The van der Waals surface area contributed by atoms with E-state index in [0.29, 0.717) is 0 Å². The van der Waals surface area contributed by atoms with Crippen LogP contribution < -0.4 is 5.32 Å². The average Bonchev–Trinajstić information content (AvgIpc) is 2.92. The number of H-pyrrole nitrogens is 2. The summed E-state index contributed by atoms with van der Waals surface area (Å²) in [5.41, 5.74) is 5.02. The van der Waals surface area contributed by atoms with E-state index >= 15 is 0 Å². The molecule has 1 aromatic carbocycles.